The second-order valence-electron chi connectivity index (χ2n) is 12.4. The summed E-state index contributed by atoms with van der Waals surface area (Å²) in [6.45, 7) is 0. The van der Waals surface area contributed by atoms with Gasteiger partial charge in [0.2, 0.25) is 0 Å². The minimum absolute atomic E-state index is 0.852. The average molecular weight is 628 g/mol. The molecule has 0 aliphatic rings. The highest BCUT2D eigenvalue weighted by atomic mass is 15.4. The van der Waals surface area contributed by atoms with Crippen LogP contribution in [0, 0.1) is 0 Å². The quantitative estimate of drug-likeness (QED) is 0.190. The molecule has 230 valence electrons. The second kappa shape index (κ2) is 10.9. The van der Waals surface area contributed by atoms with Crippen molar-refractivity contribution in [2.75, 3.05) is 0 Å². The zero-order valence-electron chi connectivity index (χ0n) is 26.5. The number of fused-ring (bicyclic) bond motifs is 6. The van der Waals surface area contributed by atoms with Crippen molar-refractivity contribution in [3.8, 4) is 39.6 Å². The molecule has 0 unspecified atom stereocenters. The fraction of sp³-hybridized carbons (Fsp3) is 0. The molecular weight excluding hydrogens is 599 g/mol. The van der Waals surface area contributed by atoms with Crippen LogP contribution in [0.15, 0.2) is 176 Å². The first-order valence-electron chi connectivity index (χ1n) is 16.5. The molecule has 5 heteroatoms. The molecule has 10 rings (SSSR count). The first-order chi connectivity index (χ1) is 24.3. The minimum Gasteiger partial charge on any atom is -0.309 e. The fourth-order valence-electron chi connectivity index (χ4n) is 7.41. The first kappa shape index (κ1) is 27.4. The largest absolute Gasteiger partial charge is 0.309 e. The van der Waals surface area contributed by atoms with E-state index in [0.717, 1.165) is 39.6 Å². The van der Waals surface area contributed by atoms with Crippen LogP contribution < -0.4 is 0 Å². The molecule has 10 aromatic rings. The molecule has 3 heterocycles. The van der Waals surface area contributed by atoms with E-state index in [1.54, 1.807) is 0 Å². The molecular formula is C44H29N5. The lowest BCUT2D eigenvalue weighted by Crippen LogP contribution is -2.00. The van der Waals surface area contributed by atoms with Gasteiger partial charge in [0, 0.05) is 44.0 Å². The van der Waals surface area contributed by atoms with Gasteiger partial charge in [-0.2, -0.15) is 0 Å². The predicted molar refractivity (Wildman–Crippen MR) is 201 cm³/mol. The number of nitrogens with zero attached hydrogens (tertiary/aromatic N) is 5. The third kappa shape index (κ3) is 4.26. The number of aromatic nitrogens is 5. The zero-order chi connectivity index (χ0) is 32.3. The van der Waals surface area contributed by atoms with Crippen LogP contribution in [0.3, 0.4) is 0 Å². The average Bonchev–Trinajstić information content (AvgIpc) is 3.86. The summed E-state index contributed by atoms with van der Waals surface area (Å²) in [5.41, 5.74) is 11.8. The summed E-state index contributed by atoms with van der Waals surface area (Å²) in [5, 5.41) is 14.3. The topological polar surface area (TPSA) is 40.6 Å². The van der Waals surface area contributed by atoms with Gasteiger partial charge in [-0.3, -0.25) is 0 Å². The van der Waals surface area contributed by atoms with Crippen LogP contribution in [0.2, 0.25) is 0 Å². The minimum atomic E-state index is 0.852. The smallest absolute Gasteiger partial charge is 0.121 e. The van der Waals surface area contributed by atoms with E-state index in [0.29, 0.717) is 0 Å². The molecule has 0 bridgehead atoms. The van der Waals surface area contributed by atoms with Crippen LogP contribution in [-0.2, 0) is 0 Å². The van der Waals surface area contributed by atoms with E-state index in [1.807, 2.05) is 41.1 Å². The SMILES string of the molecule is c1ccc(-c2nnn(-c3ccccc3)c2-c2ccc(-n3c4ccccc4c4cc5c6ccccc6n(-c6ccccc6)c5cc43)cc2)cc1. The van der Waals surface area contributed by atoms with E-state index in [9.17, 15) is 0 Å². The molecule has 0 N–H and O–H groups in total. The normalized spacial score (nSPS) is 11.7. The van der Waals surface area contributed by atoms with Crippen LogP contribution in [0.25, 0.3) is 83.2 Å². The van der Waals surface area contributed by atoms with Crippen molar-refractivity contribution < 1.29 is 0 Å². The Kier molecular flexibility index (Phi) is 6.11. The number of hydrogen-bond acceptors (Lipinski definition) is 2. The van der Waals surface area contributed by atoms with Crippen LogP contribution in [0.5, 0.6) is 0 Å². The van der Waals surface area contributed by atoms with Crippen LogP contribution in [0.1, 0.15) is 0 Å². The summed E-state index contributed by atoms with van der Waals surface area (Å²) in [4.78, 5) is 0. The van der Waals surface area contributed by atoms with Gasteiger partial charge < -0.3 is 9.13 Å². The van der Waals surface area contributed by atoms with E-state index in [1.165, 1.54) is 43.6 Å². The van der Waals surface area contributed by atoms with Crippen molar-refractivity contribution in [3.05, 3.63) is 176 Å². The summed E-state index contributed by atoms with van der Waals surface area (Å²) < 4.78 is 6.72. The van der Waals surface area contributed by atoms with Crippen LogP contribution >= 0.6 is 0 Å². The Labute approximate surface area is 282 Å². The molecule has 0 atom stereocenters. The van der Waals surface area contributed by atoms with E-state index < -0.39 is 0 Å². The second-order valence-corrected chi connectivity index (χ2v) is 12.4. The van der Waals surface area contributed by atoms with Gasteiger partial charge in [-0.25, -0.2) is 4.68 Å². The van der Waals surface area contributed by atoms with E-state index >= 15 is 0 Å². The summed E-state index contributed by atoms with van der Waals surface area (Å²) in [6, 6.07) is 62.2. The van der Waals surface area contributed by atoms with Crippen molar-refractivity contribution >= 4 is 43.6 Å². The van der Waals surface area contributed by atoms with Gasteiger partial charge in [0.15, 0.2) is 0 Å². The Morgan fingerprint density at radius 1 is 0.347 bits per heavy atom. The van der Waals surface area contributed by atoms with Crippen molar-refractivity contribution in [2.24, 2.45) is 0 Å². The molecule has 5 nitrogen and oxygen atoms in total. The van der Waals surface area contributed by atoms with Crippen molar-refractivity contribution in [3.63, 3.8) is 0 Å². The Bertz CT molecular complexity index is 2730. The zero-order valence-corrected chi connectivity index (χ0v) is 26.5. The molecule has 0 spiro atoms. The van der Waals surface area contributed by atoms with Crippen molar-refractivity contribution in [1.82, 2.24) is 24.1 Å². The molecule has 3 aromatic heterocycles. The molecule has 0 saturated carbocycles. The maximum absolute atomic E-state index is 4.68. The standard InChI is InChI=1S/C44H29N5/c1-4-14-30(15-5-1)43-44(49(46-45-43)34-18-8-3-9-19-34)31-24-26-33(27-25-31)48-40-23-13-11-21-36(40)38-28-37-35-20-10-12-22-39(35)47(41(37)29-42(38)48)32-16-6-2-7-17-32/h1-29H. The van der Waals surface area contributed by atoms with E-state index in [4.69, 9.17) is 0 Å². The fourth-order valence-corrected chi connectivity index (χ4v) is 7.41. The molecule has 0 saturated heterocycles. The molecule has 0 radical (unpaired) electrons. The molecule has 7 aromatic carbocycles. The van der Waals surface area contributed by atoms with Gasteiger partial charge in [-0.15, -0.1) is 5.10 Å². The maximum Gasteiger partial charge on any atom is 0.121 e. The number of benzene rings is 7. The highest BCUT2D eigenvalue weighted by Gasteiger charge is 2.20. The van der Waals surface area contributed by atoms with Gasteiger partial charge in [0.25, 0.3) is 0 Å². The van der Waals surface area contributed by atoms with Crippen molar-refractivity contribution in [2.45, 2.75) is 0 Å². The van der Waals surface area contributed by atoms with E-state index in [2.05, 4.69) is 159 Å². The summed E-state index contributed by atoms with van der Waals surface area (Å²) >= 11 is 0. The predicted octanol–water partition coefficient (Wildman–Crippen LogP) is 10.8. The van der Waals surface area contributed by atoms with E-state index in [-0.39, 0.29) is 0 Å². The molecule has 0 aliphatic heterocycles. The van der Waals surface area contributed by atoms with Crippen molar-refractivity contribution in [1.29, 1.82) is 0 Å². The van der Waals surface area contributed by atoms with Crippen LogP contribution in [-0.4, -0.2) is 24.1 Å². The van der Waals surface area contributed by atoms with Gasteiger partial charge >= 0.3 is 0 Å². The highest BCUT2D eigenvalue weighted by Crippen LogP contribution is 2.40. The van der Waals surface area contributed by atoms with Gasteiger partial charge in [-0.05, 0) is 60.7 Å². The third-order valence-electron chi connectivity index (χ3n) is 9.60. The molecule has 0 amide bonds. The lowest BCUT2D eigenvalue weighted by molar-refractivity contribution is 0.808. The molecule has 49 heavy (non-hydrogen) atoms. The monoisotopic (exact) mass is 627 g/mol. The number of para-hydroxylation sites is 4. The Balaban J connectivity index is 1.20. The third-order valence-corrected chi connectivity index (χ3v) is 9.60. The number of rotatable bonds is 5. The van der Waals surface area contributed by atoms with Gasteiger partial charge in [0.1, 0.15) is 11.4 Å². The molecule has 0 aliphatic carbocycles. The Morgan fingerprint density at radius 3 is 1.43 bits per heavy atom. The van der Waals surface area contributed by atoms with Crippen LogP contribution in [0.4, 0.5) is 0 Å². The summed E-state index contributed by atoms with van der Waals surface area (Å²) in [5.74, 6) is 0. The Morgan fingerprint density at radius 2 is 0.837 bits per heavy atom. The maximum atomic E-state index is 4.68. The first-order valence-corrected chi connectivity index (χ1v) is 16.5. The summed E-state index contributed by atoms with van der Waals surface area (Å²) in [6.07, 6.45) is 0. The number of hydrogen-bond donors (Lipinski definition) is 0. The van der Waals surface area contributed by atoms with Gasteiger partial charge in [-0.1, -0.05) is 120 Å². The lowest BCUT2D eigenvalue weighted by atomic mass is 10.0. The van der Waals surface area contributed by atoms with Gasteiger partial charge in [0.05, 0.1) is 27.8 Å². The Hall–Kier alpha value is -6.72. The molecule has 0 fully saturated rings. The highest BCUT2D eigenvalue weighted by molar-refractivity contribution is 6.19. The summed E-state index contributed by atoms with van der Waals surface area (Å²) in [7, 11) is 0. The lowest BCUT2D eigenvalue weighted by Gasteiger charge is -2.12.